The highest BCUT2D eigenvalue weighted by atomic mass is 16.1. The molecule has 0 saturated heterocycles. The number of aldehydes is 1. The van der Waals surface area contributed by atoms with Gasteiger partial charge >= 0.3 is 0 Å². The maximum Gasteiger partial charge on any atom is 0.193 e. The summed E-state index contributed by atoms with van der Waals surface area (Å²) in [4.78, 5) is 23.3. The minimum absolute atomic E-state index is 0.200. The summed E-state index contributed by atoms with van der Waals surface area (Å²) in [5.41, 5.74) is 2.70. The number of allylic oxidation sites excluding steroid dienone is 9. The fraction of sp³-hybridized carbons (Fsp3) is 0.0476. The number of carbonyl (C=O) groups excluding carboxylic acids is 2. The number of carbonyl (C=O) groups is 2. The second-order valence-electron chi connectivity index (χ2n) is 4.69. The Hall–Kier alpha value is -3.00. The molecule has 0 spiro atoms. The molecule has 0 radical (unpaired) electrons. The Morgan fingerprint density at radius 2 is 1.70 bits per heavy atom. The smallest absolute Gasteiger partial charge is 0.193 e. The van der Waals surface area contributed by atoms with Gasteiger partial charge in [-0.15, -0.1) is 0 Å². The third-order valence-electron chi connectivity index (χ3n) is 3.28. The Bertz CT molecular complexity index is 703. The lowest BCUT2D eigenvalue weighted by molar-refractivity contribution is -0.112. The molecule has 0 saturated carbocycles. The molecule has 1 aromatic carbocycles. The molecule has 0 fully saturated rings. The van der Waals surface area contributed by atoms with Crippen molar-refractivity contribution < 1.29 is 9.59 Å². The van der Waals surface area contributed by atoms with E-state index < -0.39 is 0 Å². The van der Waals surface area contributed by atoms with Gasteiger partial charge in [-0.3, -0.25) is 9.59 Å². The van der Waals surface area contributed by atoms with E-state index in [0.717, 1.165) is 11.1 Å². The van der Waals surface area contributed by atoms with Crippen molar-refractivity contribution in [1.82, 2.24) is 0 Å². The highest BCUT2D eigenvalue weighted by Gasteiger charge is 2.12. The lowest BCUT2D eigenvalue weighted by Crippen LogP contribution is -2.05. The van der Waals surface area contributed by atoms with Crippen molar-refractivity contribution in [3.63, 3.8) is 0 Å². The molecule has 1 rings (SSSR count). The van der Waals surface area contributed by atoms with Gasteiger partial charge in [0.1, 0.15) is 0 Å². The molecule has 2 heteroatoms. The van der Waals surface area contributed by atoms with Crippen LogP contribution in [0, 0.1) is 0 Å². The van der Waals surface area contributed by atoms with Crippen molar-refractivity contribution in [1.29, 1.82) is 0 Å². The zero-order chi connectivity index (χ0) is 17.2. The summed E-state index contributed by atoms with van der Waals surface area (Å²) in [5, 5.41) is 0. The van der Waals surface area contributed by atoms with Crippen LogP contribution in [0.2, 0.25) is 0 Å². The minimum Gasteiger partial charge on any atom is -0.298 e. The predicted octanol–water partition coefficient (Wildman–Crippen LogP) is 4.64. The van der Waals surface area contributed by atoms with Crippen molar-refractivity contribution in [2.24, 2.45) is 0 Å². The van der Waals surface area contributed by atoms with Crippen LogP contribution in [-0.4, -0.2) is 12.1 Å². The molecule has 0 atom stereocenters. The predicted molar refractivity (Wildman–Crippen MR) is 96.9 cm³/mol. The van der Waals surface area contributed by atoms with Gasteiger partial charge in [-0.05, 0) is 18.1 Å². The first-order valence-electron chi connectivity index (χ1n) is 7.16. The van der Waals surface area contributed by atoms with Gasteiger partial charge in [0.05, 0.1) is 0 Å². The van der Waals surface area contributed by atoms with Gasteiger partial charge in [-0.25, -0.2) is 0 Å². The monoisotopic (exact) mass is 304 g/mol. The number of Topliss-reactive ketones (excluding diaryl/α,β-unsaturated/α-hetero) is 1. The third kappa shape index (κ3) is 4.75. The van der Waals surface area contributed by atoms with Crippen LogP contribution in [-0.2, 0) is 9.59 Å². The van der Waals surface area contributed by atoms with Gasteiger partial charge in [0.2, 0.25) is 0 Å². The van der Waals surface area contributed by atoms with Crippen molar-refractivity contribution in [2.75, 3.05) is 0 Å². The number of hydrogen-bond donors (Lipinski definition) is 0. The molecule has 0 aromatic heterocycles. The molecule has 0 amide bonds. The van der Waals surface area contributed by atoms with E-state index in [9.17, 15) is 9.59 Å². The van der Waals surface area contributed by atoms with E-state index in [-0.39, 0.29) is 22.5 Å². The number of ketones is 1. The van der Waals surface area contributed by atoms with Crippen molar-refractivity contribution >= 4 is 17.6 Å². The molecule has 1 aromatic rings. The first-order chi connectivity index (χ1) is 11.1. The van der Waals surface area contributed by atoms with E-state index in [1.165, 1.54) is 12.2 Å². The maximum absolute atomic E-state index is 12.4. The molecular formula is C21H20O2. The van der Waals surface area contributed by atoms with Crippen LogP contribution >= 0.6 is 0 Å². The summed E-state index contributed by atoms with van der Waals surface area (Å²) >= 11 is 0. The number of benzene rings is 1. The Balaban J connectivity index is 3.04. The van der Waals surface area contributed by atoms with E-state index in [4.69, 9.17) is 0 Å². The zero-order valence-corrected chi connectivity index (χ0v) is 13.3. The van der Waals surface area contributed by atoms with Gasteiger partial charge in [0, 0.05) is 16.7 Å². The van der Waals surface area contributed by atoms with E-state index in [2.05, 4.69) is 19.7 Å². The van der Waals surface area contributed by atoms with Crippen LogP contribution in [0.15, 0.2) is 97.2 Å². The second-order valence-corrected chi connectivity index (χ2v) is 4.69. The molecule has 0 aliphatic rings. The minimum atomic E-state index is -0.346. The van der Waals surface area contributed by atoms with Crippen molar-refractivity contribution in [3.05, 3.63) is 103 Å². The Morgan fingerprint density at radius 3 is 2.17 bits per heavy atom. The standard InChI is InChI=1S/C21H20O2/c1-5-17(19-11-9-8-10-12-19)14-13-16(4)21(23)20(7-3)18(6-2)15-22/h5-15H,2-4H2,1H3/b14-13-,17-5+,20-18-. The fourth-order valence-electron chi connectivity index (χ4n) is 1.99. The average Bonchev–Trinajstić information content (AvgIpc) is 2.60. The van der Waals surface area contributed by atoms with E-state index in [1.54, 1.807) is 6.08 Å². The molecule has 2 nitrogen and oxygen atoms in total. The molecule has 23 heavy (non-hydrogen) atoms. The Morgan fingerprint density at radius 1 is 1.04 bits per heavy atom. The SMILES string of the molecule is C=C/C(C=O)=C(\C=C)C(=O)C(=C)/C=C\C(=C/C)c1ccccc1. The van der Waals surface area contributed by atoms with Gasteiger partial charge < -0.3 is 0 Å². The Labute approximate surface area is 137 Å². The van der Waals surface area contributed by atoms with Crippen molar-refractivity contribution in [3.8, 4) is 0 Å². The molecular weight excluding hydrogens is 284 g/mol. The van der Waals surface area contributed by atoms with Crippen LogP contribution in [0.25, 0.3) is 5.57 Å². The fourth-order valence-corrected chi connectivity index (χ4v) is 1.99. The highest BCUT2D eigenvalue weighted by Crippen LogP contribution is 2.18. The van der Waals surface area contributed by atoms with Crippen LogP contribution in [0.3, 0.4) is 0 Å². The van der Waals surface area contributed by atoms with Crippen molar-refractivity contribution in [2.45, 2.75) is 6.92 Å². The third-order valence-corrected chi connectivity index (χ3v) is 3.28. The van der Waals surface area contributed by atoms with E-state index in [0.29, 0.717) is 6.29 Å². The van der Waals surface area contributed by atoms with Crippen LogP contribution in [0.5, 0.6) is 0 Å². The maximum atomic E-state index is 12.4. The number of rotatable bonds is 8. The lowest BCUT2D eigenvalue weighted by Gasteiger charge is -2.05. The van der Waals surface area contributed by atoms with E-state index >= 15 is 0 Å². The Kier molecular flexibility index (Phi) is 7.15. The van der Waals surface area contributed by atoms with Gasteiger partial charge in [-0.1, -0.05) is 80.4 Å². The summed E-state index contributed by atoms with van der Waals surface area (Å²) in [6.07, 6.45) is 8.68. The topological polar surface area (TPSA) is 34.1 Å². The zero-order valence-electron chi connectivity index (χ0n) is 13.3. The summed E-state index contributed by atoms with van der Waals surface area (Å²) in [7, 11) is 0. The number of hydrogen-bond acceptors (Lipinski definition) is 2. The molecule has 0 bridgehead atoms. The molecule has 0 heterocycles. The van der Waals surface area contributed by atoms with Gasteiger partial charge in [0.15, 0.2) is 12.1 Å². The first kappa shape index (κ1) is 18.1. The summed E-state index contributed by atoms with van der Waals surface area (Å²) in [6, 6.07) is 9.82. The largest absolute Gasteiger partial charge is 0.298 e. The molecule has 0 aliphatic heterocycles. The van der Waals surface area contributed by atoms with Gasteiger partial charge in [-0.2, -0.15) is 0 Å². The molecule has 116 valence electrons. The van der Waals surface area contributed by atoms with Crippen LogP contribution in [0.4, 0.5) is 0 Å². The molecule has 0 N–H and O–H groups in total. The van der Waals surface area contributed by atoms with Gasteiger partial charge in [0.25, 0.3) is 0 Å². The molecule has 0 aliphatic carbocycles. The first-order valence-corrected chi connectivity index (χ1v) is 7.16. The highest BCUT2D eigenvalue weighted by molar-refractivity contribution is 6.14. The summed E-state index contributed by atoms with van der Waals surface area (Å²) in [6.45, 7) is 12.8. The quantitative estimate of drug-likeness (QED) is 0.398. The summed E-state index contributed by atoms with van der Waals surface area (Å²) in [5.74, 6) is -0.346. The average molecular weight is 304 g/mol. The van der Waals surface area contributed by atoms with Crippen LogP contribution < -0.4 is 0 Å². The molecule has 0 unspecified atom stereocenters. The van der Waals surface area contributed by atoms with E-state index in [1.807, 2.05) is 49.4 Å². The normalized spacial score (nSPS) is 12.5. The summed E-state index contributed by atoms with van der Waals surface area (Å²) < 4.78 is 0. The second kappa shape index (κ2) is 9.11. The lowest BCUT2D eigenvalue weighted by atomic mass is 9.98. The van der Waals surface area contributed by atoms with Crippen LogP contribution in [0.1, 0.15) is 12.5 Å².